The van der Waals surface area contributed by atoms with Crippen molar-refractivity contribution in [3.8, 4) is 0 Å². The Hall–Kier alpha value is -1.11. The number of carbonyl (C=O) groups excluding carboxylic acids is 2. The highest BCUT2D eigenvalue weighted by Gasteiger charge is 2.21. The van der Waals surface area contributed by atoms with Crippen LogP contribution in [0.2, 0.25) is 0 Å². The maximum atomic E-state index is 10.9. The third-order valence-electron chi connectivity index (χ3n) is 1.44. The first kappa shape index (κ1) is 12.9. The number of nitrogens with one attached hydrogen (secondary N) is 1. The monoisotopic (exact) mass is 223 g/mol. The van der Waals surface area contributed by atoms with Crippen LogP contribution >= 0.6 is 0 Å². The van der Waals surface area contributed by atoms with Crippen molar-refractivity contribution in [2.45, 2.75) is 13.0 Å². The minimum absolute atomic E-state index is 0.419. The van der Waals surface area contributed by atoms with Crippen molar-refractivity contribution in [3.63, 3.8) is 0 Å². The summed E-state index contributed by atoms with van der Waals surface area (Å²) in [6.07, 6.45) is 0.163. The van der Waals surface area contributed by atoms with Gasteiger partial charge in [-0.2, -0.15) is 0 Å². The van der Waals surface area contributed by atoms with E-state index in [0.29, 0.717) is 0 Å². The van der Waals surface area contributed by atoms with Crippen LogP contribution in [0.1, 0.15) is 6.92 Å². The van der Waals surface area contributed by atoms with E-state index in [9.17, 15) is 18.0 Å². The van der Waals surface area contributed by atoms with Crippen LogP contribution in [-0.2, 0) is 19.4 Å². The second-order valence-electron chi connectivity index (χ2n) is 2.89. The van der Waals surface area contributed by atoms with Gasteiger partial charge in [-0.05, 0) is 6.92 Å². The molecule has 1 amide bonds. The molecular formula is C7H13NO5S. The van der Waals surface area contributed by atoms with Crippen LogP contribution in [0.25, 0.3) is 0 Å². The van der Waals surface area contributed by atoms with Gasteiger partial charge in [0.05, 0.1) is 12.9 Å². The van der Waals surface area contributed by atoms with Gasteiger partial charge in [-0.3, -0.25) is 4.79 Å². The van der Waals surface area contributed by atoms with Gasteiger partial charge in [-0.25, -0.2) is 13.2 Å². The van der Waals surface area contributed by atoms with Gasteiger partial charge < -0.3 is 10.1 Å². The molecule has 0 heterocycles. The summed E-state index contributed by atoms with van der Waals surface area (Å²) in [5.74, 6) is -0.849. The average Bonchev–Trinajstić information content (AvgIpc) is 2.00. The second-order valence-corrected chi connectivity index (χ2v) is 5.08. The Bertz CT molecular complexity index is 321. The molecule has 0 saturated heterocycles. The van der Waals surface area contributed by atoms with Gasteiger partial charge in [0.1, 0.15) is 15.9 Å². The molecule has 14 heavy (non-hydrogen) atoms. The van der Waals surface area contributed by atoms with Gasteiger partial charge >= 0.3 is 6.09 Å². The maximum absolute atomic E-state index is 10.9. The fourth-order valence-corrected chi connectivity index (χ4v) is 1.69. The molecule has 82 valence electrons. The molecule has 1 N–H and O–H groups in total. The molecule has 6 nitrogen and oxygen atoms in total. The molecule has 0 bridgehead atoms. The number of hydrogen-bond acceptors (Lipinski definition) is 5. The average molecular weight is 223 g/mol. The van der Waals surface area contributed by atoms with E-state index in [1.165, 1.54) is 6.92 Å². The highest BCUT2D eigenvalue weighted by atomic mass is 32.2. The molecule has 1 atom stereocenters. The van der Waals surface area contributed by atoms with Crippen molar-refractivity contribution in [3.05, 3.63) is 0 Å². The van der Waals surface area contributed by atoms with E-state index in [0.717, 1.165) is 13.4 Å². The summed E-state index contributed by atoms with van der Waals surface area (Å²) < 4.78 is 26.0. The predicted octanol–water partition coefficient (Wildman–Crippen LogP) is -0.655. The number of rotatable bonds is 4. The fourth-order valence-electron chi connectivity index (χ4n) is 0.765. The molecule has 0 aromatic rings. The van der Waals surface area contributed by atoms with Crippen LogP contribution in [0.3, 0.4) is 0 Å². The Kier molecular flexibility index (Phi) is 4.55. The first-order valence-electron chi connectivity index (χ1n) is 3.79. The van der Waals surface area contributed by atoms with Crippen molar-refractivity contribution < 1.29 is 22.7 Å². The van der Waals surface area contributed by atoms with Crippen LogP contribution in [0.4, 0.5) is 4.79 Å². The number of ketones is 1. The Morgan fingerprint density at radius 3 is 2.21 bits per heavy atom. The van der Waals surface area contributed by atoms with Crippen molar-refractivity contribution >= 4 is 21.7 Å². The maximum Gasteiger partial charge on any atom is 0.407 e. The van der Waals surface area contributed by atoms with Gasteiger partial charge in [0.2, 0.25) is 0 Å². The molecule has 0 aliphatic carbocycles. The molecule has 7 heteroatoms. The van der Waals surface area contributed by atoms with E-state index in [4.69, 9.17) is 0 Å². The molecule has 0 rings (SSSR count). The Labute approximate surface area is 82.5 Å². The van der Waals surface area contributed by atoms with Gasteiger partial charge in [-0.15, -0.1) is 0 Å². The molecule has 0 aromatic heterocycles. The summed E-state index contributed by atoms with van der Waals surface area (Å²) in [7, 11) is -2.18. The van der Waals surface area contributed by atoms with E-state index in [1.807, 2.05) is 0 Å². The van der Waals surface area contributed by atoms with E-state index in [2.05, 4.69) is 10.1 Å². The molecule has 0 fully saturated rings. The Balaban J connectivity index is 4.47. The smallest absolute Gasteiger partial charge is 0.407 e. The lowest BCUT2D eigenvalue weighted by atomic mass is 10.2. The zero-order valence-corrected chi connectivity index (χ0v) is 9.05. The highest BCUT2D eigenvalue weighted by molar-refractivity contribution is 7.90. The fraction of sp³-hybridized carbons (Fsp3) is 0.714. The summed E-state index contributed by atoms with van der Waals surface area (Å²) in [5, 5.41) is 2.13. The molecular weight excluding hydrogens is 210 g/mol. The third kappa shape index (κ3) is 5.52. The van der Waals surface area contributed by atoms with Crippen molar-refractivity contribution in [1.82, 2.24) is 5.32 Å². The lowest BCUT2D eigenvalue weighted by Gasteiger charge is -2.13. The number of amides is 1. The van der Waals surface area contributed by atoms with E-state index < -0.39 is 33.5 Å². The van der Waals surface area contributed by atoms with Gasteiger partial charge in [0.25, 0.3) is 0 Å². The standard InChI is InChI=1S/C7H13NO5S/c1-5(9)6(4-14(3,11)12)8-7(10)13-2/h6H,4H2,1-3H3,(H,8,10)/t6-/m0/s1. The minimum Gasteiger partial charge on any atom is -0.453 e. The van der Waals surface area contributed by atoms with Gasteiger partial charge in [-0.1, -0.05) is 0 Å². The summed E-state index contributed by atoms with van der Waals surface area (Å²) in [5.41, 5.74) is 0. The van der Waals surface area contributed by atoms with E-state index in [-0.39, 0.29) is 0 Å². The van der Waals surface area contributed by atoms with Crippen LogP contribution in [-0.4, -0.2) is 45.5 Å². The summed E-state index contributed by atoms with van der Waals surface area (Å²) in [4.78, 5) is 21.7. The number of ether oxygens (including phenoxy) is 1. The second kappa shape index (κ2) is 4.94. The third-order valence-corrected chi connectivity index (χ3v) is 2.38. The van der Waals surface area contributed by atoms with Crippen molar-refractivity contribution in [2.24, 2.45) is 0 Å². The highest BCUT2D eigenvalue weighted by Crippen LogP contribution is 1.94. The molecule has 0 unspecified atom stereocenters. The van der Waals surface area contributed by atoms with Crippen LogP contribution in [0.15, 0.2) is 0 Å². The van der Waals surface area contributed by atoms with Crippen LogP contribution in [0, 0.1) is 0 Å². The lowest BCUT2D eigenvalue weighted by molar-refractivity contribution is -0.118. The molecule has 0 spiro atoms. The largest absolute Gasteiger partial charge is 0.453 e. The van der Waals surface area contributed by atoms with Crippen molar-refractivity contribution in [1.29, 1.82) is 0 Å². The van der Waals surface area contributed by atoms with E-state index >= 15 is 0 Å². The Morgan fingerprint density at radius 2 is 1.93 bits per heavy atom. The zero-order valence-electron chi connectivity index (χ0n) is 8.23. The summed E-state index contributed by atoms with van der Waals surface area (Å²) >= 11 is 0. The SMILES string of the molecule is COC(=O)N[C@@H](CS(C)(=O)=O)C(C)=O. The molecule has 0 aliphatic heterocycles. The molecule has 0 aromatic carbocycles. The summed E-state index contributed by atoms with van der Waals surface area (Å²) in [6.45, 7) is 1.20. The zero-order chi connectivity index (χ0) is 11.4. The van der Waals surface area contributed by atoms with Gasteiger partial charge in [0, 0.05) is 6.26 Å². The minimum atomic E-state index is -3.31. The number of alkyl carbamates (subject to hydrolysis) is 1. The number of sulfone groups is 1. The number of hydrogen-bond donors (Lipinski definition) is 1. The summed E-state index contributed by atoms with van der Waals surface area (Å²) in [6, 6.07) is -1.04. The number of Topliss-reactive ketones (excluding diaryl/α,β-unsaturated/α-hetero) is 1. The Morgan fingerprint density at radius 1 is 1.43 bits per heavy atom. The number of methoxy groups -OCH3 is 1. The van der Waals surface area contributed by atoms with Gasteiger partial charge in [0.15, 0.2) is 5.78 Å². The molecule has 0 radical (unpaired) electrons. The first-order chi connectivity index (χ1) is 6.26. The number of carbonyl (C=O) groups is 2. The van der Waals surface area contributed by atoms with Crippen LogP contribution in [0.5, 0.6) is 0 Å². The molecule has 0 saturated carbocycles. The normalized spacial score (nSPS) is 13.1. The van der Waals surface area contributed by atoms with Crippen molar-refractivity contribution in [2.75, 3.05) is 19.1 Å². The first-order valence-corrected chi connectivity index (χ1v) is 5.85. The predicted molar refractivity (Wildman–Crippen MR) is 49.7 cm³/mol. The quantitative estimate of drug-likeness (QED) is 0.683. The molecule has 0 aliphatic rings. The van der Waals surface area contributed by atoms with Crippen LogP contribution < -0.4 is 5.32 Å². The topological polar surface area (TPSA) is 89.5 Å². The lowest BCUT2D eigenvalue weighted by Crippen LogP contribution is -2.44. The van der Waals surface area contributed by atoms with E-state index in [1.54, 1.807) is 0 Å².